The van der Waals surface area contributed by atoms with E-state index >= 15 is 0 Å². The summed E-state index contributed by atoms with van der Waals surface area (Å²) in [4.78, 5) is 0. The van der Waals surface area contributed by atoms with E-state index in [0.717, 1.165) is 13.0 Å². The van der Waals surface area contributed by atoms with Crippen LogP contribution in [0.4, 0.5) is 0 Å². The van der Waals surface area contributed by atoms with Crippen LogP contribution in [0, 0.1) is 5.92 Å². The summed E-state index contributed by atoms with van der Waals surface area (Å²) >= 11 is 0. The second-order valence-electron chi connectivity index (χ2n) is 6.50. The standard InChI is InChI=1S/C10H19NO2.C6H13NO2.2C2H6/c12-11-6-7-13-8-10(11)9-4-2-1-3-5-9;1-2-6-5-9-4-3-7(6)8;2*1-2/h9-10,12H,1-8H2;6,8H,2-5H2,1H3;2*1-2H3. The average Bonchev–Trinajstić information content (AvgIpc) is 2.73. The zero-order chi connectivity index (χ0) is 19.8. The smallest absolute Gasteiger partial charge is 0.0648 e. The van der Waals surface area contributed by atoms with Gasteiger partial charge in [-0.25, -0.2) is 0 Å². The average molecular weight is 377 g/mol. The molecule has 0 bridgehead atoms. The number of rotatable bonds is 2. The maximum Gasteiger partial charge on any atom is 0.0648 e. The van der Waals surface area contributed by atoms with Gasteiger partial charge in [0.05, 0.1) is 38.5 Å². The second-order valence-corrected chi connectivity index (χ2v) is 6.50. The molecule has 26 heavy (non-hydrogen) atoms. The zero-order valence-corrected chi connectivity index (χ0v) is 17.8. The minimum atomic E-state index is 0.221. The van der Waals surface area contributed by atoms with Crippen molar-refractivity contribution < 1.29 is 19.9 Å². The van der Waals surface area contributed by atoms with Crippen LogP contribution in [0.25, 0.3) is 0 Å². The molecule has 1 saturated carbocycles. The summed E-state index contributed by atoms with van der Waals surface area (Å²) in [5.41, 5.74) is 0. The molecule has 2 heterocycles. The molecule has 2 N–H and O–H groups in total. The molecule has 158 valence electrons. The van der Waals surface area contributed by atoms with Gasteiger partial charge in [-0.1, -0.05) is 53.9 Å². The van der Waals surface area contributed by atoms with E-state index in [1.54, 1.807) is 0 Å². The van der Waals surface area contributed by atoms with Crippen molar-refractivity contribution in [3.63, 3.8) is 0 Å². The van der Waals surface area contributed by atoms with Gasteiger partial charge in [0.1, 0.15) is 0 Å². The Morgan fingerprint density at radius 3 is 1.81 bits per heavy atom. The third-order valence-corrected chi connectivity index (χ3v) is 5.00. The normalized spacial score (nSPS) is 27.8. The number of hydroxylamine groups is 4. The summed E-state index contributed by atoms with van der Waals surface area (Å²) < 4.78 is 10.5. The molecule has 0 aromatic carbocycles. The molecule has 3 fully saturated rings. The Morgan fingerprint density at radius 2 is 1.35 bits per heavy atom. The van der Waals surface area contributed by atoms with Crippen LogP contribution >= 0.6 is 0 Å². The van der Waals surface area contributed by atoms with Crippen LogP contribution in [0.2, 0.25) is 0 Å². The lowest BCUT2D eigenvalue weighted by Gasteiger charge is -2.37. The van der Waals surface area contributed by atoms with Gasteiger partial charge < -0.3 is 19.9 Å². The number of morpholine rings is 2. The number of ether oxygens (including phenoxy) is 2. The molecule has 0 radical (unpaired) electrons. The van der Waals surface area contributed by atoms with Gasteiger partial charge in [0.25, 0.3) is 0 Å². The second kappa shape index (κ2) is 16.9. The highest BCUT2D eigenvalue weighted by atomic mass is 16.5. The van der Waals surface area contributed by atoms with Crippen molar-refractivity contribution in [3.8, 4) is 0 Å². The fraction of sp³-hybridized carbons (Fsp3) is 1.00. The maximum atomic E-state index is 9.67. The van der Waals surface area contributed by atoms with Gasteiger partial charge in [-0.3, -0.25) is 0 Å². The van der Waals surface area contributed by atoms with Gasteiger partial charge in [0.2, 0.25) is 0 Å². The number of hydrogen-bond acceptors (Lipinski definition) is 6. The Balaban J connectivity index is 0.000000422. The van der Waals surface area contributed by atoms with E-state index in [2.05, 4.69) is 0 Å². The van der Waals surface area contributed by atoms with E-state index in [0.29, 0.717) is 38.8 Å². The molecule has 0 aromatic heterocycles. The summed E-state index contributed by atoms with van der Waals surface area (Å²) in [6.07, 6.45) is 7.52. The first kappa shape index (κ1) is 25.8. The summed E-state index contributed by atoms with van der Waals surface area (Å²) in [6, 6.07) is 0.493. The molecule has 3 rings (SSSR count). The Morgan fingerprint density at radius 1 is 0.808 bits per heavy atom. The molecule has 0 spiro atoms. The van der Waals surface area contributed by atoms with Crippen LogP contribution < -0.4 is 0 Å². The summed E-state index contributed by atoms with van der Waals surface area (Å²) in [7, 11) is 0. The topological polar surface area (TPSA) is 65.4 Å². The molecule has 2 unspecified atom stereocenters. The molecule has 6 nitrogen and oxygen atoms in total. The first-order valence-corrected chi connectivity index (χ1v) is 10.8. The maximum absolute atomic E-state index is 9.67. The lowest BCUT2D eigenvalue weighted by Crippen LogP contribution is -2.48. The molecule has 1 aliphatic carbocycles. The van der Waals surface area contributed by atoms with Gasteiger partial charge in [-0.2, -0.15) is 10.1 Å². The third-order valence-electron chi connectivity index (χ3n) is 5.00. The largest absolute Gasteiger partial charge is 0.378 e. The minimum absolute atomic E-state index is 0.221. The van der Waals surface area contributed by atoms with Gasteiger partial charge in [0, 0.05) is 13.1 Å². The minimum Gasteiger partial charge on any atom is -0.378 e. The molecule has 2 saturated heterocycles. The fourth-order valence-electron chi connectivity index (χ4n) is 3.49. The first-order valence-electron chi connectivity index (χ1n) is 10.8. The Hall–Kier alpha value is -0.240. The van der Waals surface area contributed by atoms with Crippen LogP contribution in [-0.2, 0) is 9.47 Å². The van der Waals surface area contributed by atoms with E-state index in [1.165, 1.54) is 42.2 Å². The van der Waals surface area contributed by atoms with Gasteiger partial charge in [0.15, 0.2) is 0 Å². The predicted molar refractivity (Wildman–Crippen MR) is 106 cm³/mol. The monoisotopic (exact) mass is 376 g/mol. The molecule has 2 atom stereocenters. The van der Waals surface area contributed by atoms with Gasteiger partial charge in [-0.05, 0) is 25.2 Å². The van der Waals surface area contributed by atoms with Crippen molar-refractivity contribution in [1.29, 1.82) is 0 Å². The highest BCUT2D eigenvalue weighted by Crippen LogP contribution is 2.29. The summed E-state index contributed by atoms with van der Waals surface area (Å²) in [5.74, 6) is 0.666. The van der Waals surface area contributed by atoms with Crippen molar-refractivity contribution in [1.82, 2.24) is 10.1 Å². The molecule has 2 aliphatic heterocycles. The van der Waals surface area contributed by atoms with E-state index in [9.17, 15) is 5.21 Å². The first-order chi connectivity index (χ1) is 12.7. The van der Waals surface area contributed by atoms with Crippen molar-refractivity contribution >= 4 is 0 Å². The van der Waals surface area contributed by atoms with Crippen LogP contribution in [0.15, 0.2) is 0 Å². The summed E-state index contributed by atoms with van der Waals surface area (Å²) in [6.45, 7) is 14.1. The number of nitrogens with zero attached hydrogens (tertiary/aromatic N) is 2. The zero-order valence-electron chi connectivity index (χ0n) is 17.8. The quantitative estimate of drug-likeness (QED) is 0.753. The lowest BCUT2D eigenvalue weighted by molar-refractivity contribution is -0.197. The molecular formula is C20H44N2O4. The van der Waals surface area contributed by atoms with Crippen LogP contribution in [0.5, 0.6) is 0 Å². The molecule has 6 heteroatoms. The van der Waals surface area contributed by atoms with Gasteiger partial charge >= 0.3 is 0 Å². The van der Waals surface area contributed by atoms with Crippen molar-refractivity contribution in [2.24, 2.45) is 5.92 Å². The van der Waals surface area contributed by atoms with Crippen LogP contribution in [0.1, 0.15) is 73.1 Å². The number of hydrogen-bond donors (Lipinski definition) is 2. The highest BCUT2D eigenvalue weighted by Gasteiger charge is 2.30. The van der Waals surface area contributed by atoms with Crippen LogP contribution in [0.3, 0.4) is 0 Å². The highest BCUT2D eigenvalue weighted by molar-refractivity contribution is 4.80. The fourth-order valence-corrected chi connectivity index (χ4v) is 3.49. The molecule has 0 amide bonds. The Bertz CT molecular complexity index is 302. The van der Waals surface area contributed by atoms with Crippen molar-refractivity contribution in [2.75, 3.05) is 39.5 Å². The third kappa shape index (κ3) is 9.62. The van der Waals surface area contributed by atoms with Gasteiger partial charge in [-0.15, -0.1) is 0 Å². The lowest BCUT2D eigenvalue weighted by atomic mass is 9.84. The molecule has 3 aliphatic rings. The molecule has 0 aromatic rings. The van der Waals surface area contributed by atoms with E-state index in [-0.39, 0.29) is 12.1 Å². The van der Waals surface area contributed by atoms with E-state index < -0.39 is 0 Å². The Labute approximate surface area is 161 Å². The van der Waals surface area contributed by atoms with Crippen LogP contribution in [-0.4, -0.2) is 72.1 Å². The Kier molecular flexibility index (Phi) is 16.7. The van der Waals surface area contributed by atoms with E-state index in [4.69, 9.17) is 14.7 Å². The molecular weight excluding hydrogens is 332 g/mol. The van der Waals surface area contributed by atoms with Crippen molar-refractivity contribution in [3.05, 3.63) is 0 Å². The SMILES string of the molecule is CC.CC.CCC1COCCN1O.ON1CCOCC1C1CCCCC1. The van der Waals surface area contributed by atoms with Crippen molar-refractivity contribution in [2.45, 2.75) is 85.2 Å². The predicted octanol–water partition coefficient (Wildman–Crippen LogP) is 4.20. The van der Waals surface area contributed by atoms with E-state index in [1.807, 2.05) is 34.6 Å². The summed E-state index contributed by atoms with van der Waals surface area (Å²) in [5, 5.41) is 21.7.